The van der Waals surface area contributed by atoms with Gasteiger partial charge in [0, 0.05) is 43.0 Å². The zero-order valence-electron chi connectivity index (χ0n) is 17.2. The number of hydrogen-bond donors (Lipinski definition) is 0. The van der Waals surface area contributed by atoms with E-state index in [0.29, 0.717) is 12.3 Å². The molecular formula is C25H26N2O2. The van der Waals surface area contributed by atoms with Crippen molar-refractivity contribution in [3.05, 3.63) is 82.6 Å². The van der Waals surface area contributed by atoms with Crippen molar-refractivity contribution in [1.82, 2.24) is 4.98 Å². The van der Waals surface area contributed by atoms with E-state index in [1.165, 1.54) is 11.1 Å². The summed E-state index contributed by atoms with van der Waals surface area (Å²) in [5.41, 5.74) is 5.37. The number of hydrogen-bond acceptors (Lipinski definition) is 4. The molecule has 2 bridgehead atoms. The molecule has 4 heteroatoms. The smallest absolute Gasteiger partial charge is 0.312 e. The van der Waals surface area contributed by atoms with Crippen molar-refractivity contribution in [3.63, 3.8) is 0 Å². The number of ether oxygens (including phenoxy) is 1. The van der Waals surface area contributed by atoms with Crippen molar-refractivity contribution >= 4 is 12.2 Å². The first-order valence-electron chi connectivity index (χ1n) is 10.2. The lowest BCUT2D eigenvalue weighted by Crippen LogP contribution is -2.39. The van der Waals surface area contributed by atoms with Gasteiger partial charge in [-0.1, -0.05) is 55.0 Å². The van der Waals surface area contributed by atoms with Crippen molar-refractivity contribution in [3.8, 4) is 5.88 Å². The van der Waals surface area contributed by atoms with Crippen molar-refractivity contribution in [2.45, 2.75) is 45.6 Å². The molecule has 1 heterocycles. The average molecular weight is 386 g/mol. The lowest BCUT2D eigenvalue weighted by atomic mass is 9.63. The van der Waals surface area contributed by atoms with Crippen molar-refractivity contribution in [1.29, 1.82) is 0 Å². The van der Waals surface area contributed by atoms with E-state index in [2.05, 4.69) is 38.1 Å². The first-order chi connectivity index (χ1) is 14.1. The first kappa shape index (κ1) is 19.3. The molecule has 2 aliphatic carbocycles. The Morgan fingerprint density at radius 3 is 2.79 bits per heavy atom. The van der Waals surface area contributed by atoms with Crippen LogP contribution in [0.15, 0.2) is 70.8 Å². The molecule has 0 amide bonds. The molecule has 0 spiro atoms. The van der Waals surface area contributed by atoms with Crippen molar-refractivity contribution in [2.24, 2.45) is 10.9 Å². The minimum atomic E-state index is -0.456. The molecule has 0 radical (unpaired) electrons. The second kappa shape index (κ2) is 7.78. The standard InChI is InChI=1S/C25H26N2O2/c1-4-20-19-13-17(3)15-25(20,26-16-18-9-7-6-8-10-18)21-11-12-23(27-22(21)14-19)29-24(28)5-2/h4,6-13,16,19H,5,14-15H2,1-3H3/b20-4+,26-16+. The SMILES string of the molecule is C/C=C1\C2C=C(C)CC1(/N=C/c1ccccc1)c1ccc(OC(=O)CC)nc1C2. The maximum Gasteiger partial charge on any atom is 0.312 e. The zero-order chi connectivity index (χ0) is 20.4. The zero-order valence-corrected chi connectivity index (χ0v) is 17.2. The largest absolute Gasteiger partial charge is 0.407 e. The number of nitrogens with zero attached hydrogens (tertiary/aromatic N) is 2. The number of fused-ring (bicyclic) bond motifs is 4. The van der Waals surface area contributed by atoms with Gasteiger partial charge in [0.2, 0.25) is 5.88 Å². The summed E-state index contributed by atoms with van der Waals surface area (Å²) in [5.74, 6) is 0.370. The van der Waals surface area contributed by atoms with Crippen LogP contribution in [0.2, 0.25) is 0 Å². The molecule has 1 aromatic carbocycles. The van der Waals surface area contributed by atoms with Crippen LogP contribution < -0.4 is 4.74 Å². The molecule has 2 aliphatic rings. The van der Waals surface area contributed by atoms with E-state index in [4.69, 9.17) is 14.7 Å². The highest BCUT2D eigenvalue weighted by atomic mass is 16.5. The third-order valence-electron chi connectivity index (χ3n) is 5.76. The Labute approximate surface area is 172 Å². The van der Waals surface area contributed by atoms with Crippen LogP contribution in [0, 0.1) is 5.92 Å². The molecule has 0 aliphatic heterocycles. The maximum absolute atomic E-state index is 11.7. The van der Waals surface area contributed by atoms with Crippen molar-refractivity contribution < 1.29 is 9.53 Å². The van der Waals surface area contributed by atoms with Crippen LogP contribution in [0.4, 0.5) is 0 Å². The lowest BCUT2D eigenvalue weighted by molar-refractivity contribution is -0.134. The molecule has 4 rings (SSSR count). The van der Waals surface area contributed by atoms with Gasteiger partial charge in [0.05, 0.1) is 5.69 Å². The second-order valence-electron chi connectivity index (χ2n) is 7.74. The molecule has 2 aromatic rings. The third-order valence-corrected chi connectivity index (χ3v) is 5.76. The van der Waals surface area contributed by atoms with Gasteiger partial charge in [-0.3, -0.25) is 9.79 Å². The summed E-state index contributed by atoms with van der Waals surface area (Å²) >= 11 is 0. The van der Waals surface area contributed by atoms with Gasteiger partial charge >= 0.3 is 5.97 Å². The van der Waals surface area contributed by atoms with Gasteiger partial charge in [-0.25, -0.2) is 4.98 Å². The predicted molar refractivity (Wildman–Crippen MR) is 115 cm³/mol. The highest BCUT2D eigenvalue weighted by Crippen LogP contribution is 2.52. The van der Waals surface area contributed by atoms with Crippen LogP contribution >= 0.6 is 0 Å². The van der Waals surface area contributed by atoms with E-state index in [1.54, 1.807) is 13.0 Å². The molecule has 0 saturated carbocycles. The molecule has 148 valence electrons. The summed E-state index contributed by atoms with van der Waals surface area (Å²) in [5, 5.41) is 0. The Hall–Kier alpha value is -3.01. The number of aliphatic imine (C=N–C) groups is 1. The summed E-state index contributed by atoms with van der Waals surface area (Å²) in [7, 11) is 0. The Morgan fingerprint density at radius 1 is 1.28 bits per heavy atom. The molecular weight excluding hydrogens is 360 g/mol. The van der Waals surface area contributed by atoms with E-state index >= 15 is 0 Å². The number of carbonyl (C=O) groups is 1. The van der Waals surface area contributed by atoms with Gasteiger partial charge in [0.25, 0.3) is 0 Å². The highest BCUT2D eigenvalue weighted by Gasteiger charge is 2.46. The summed E-state index contributed by atoms with van der Waals surface area (Å²) in [6.07, 6.45) is 8.48. The number of esters is 1. The van der Waals surface area contributed by atoms with Crippen LogP contribution in [-0.4, -0.2) is 17.2 Å². The average Bonchev–Trinajstić information content (AvgIpc) is 2.72. The van der Waals surface area contributed by atoms with Gasteiger partial charge in [-0.15, -0.1) is 0 Å². The molecule has 2 atom stereocenters. The maximum atomic E-state index is 11.7. The number of carbonyl (C=O) groups excluding carboxylic acids is 1. The second-order valence-corrected chi connectivity index (χ2v) is 7.74. The first-order valence-corrected chi connectivity index (χ1v) is 10.2. The fourth-order valence-electron chi connectivity index (χ4n) is 4.56. The molecule has 0 saturated heterocycles. The van der Waals surface area contributed by atoms with E-state index in [9.17, 15) is 4.79 Å². The number of allylic oxidation sites excluding steroid dienone is 2. The fraction of sp³-hybridized carbons (Fsp3) is 0.320. The van der Waals surface area contributed by atoms with E-state index in [0.717, 1.165) is 29.7 Å². The third kappa shape index (κ3) is 3.55. The highest BCUT2D eigenvalue weighted by molar-refractivity contribution is 5.80. The van der Waals surface area contributed by atoms with Gasteiger partial charge in [-0.2, -0.15) is 0 Å². The quantitative estimate of drug-likeness (QED) is 0.413. The summed E-state index contributed by atoms with van der Waals surface area (Å²) in [6.45, 7) is 6.06. The number of pyridine rings is 1. The number of benzene rings is 1. The van der Waals surface area contributed by atoms with Gasteiger partial charge in [0.1, 0.15) is 5.54 Å². The van der Waals surface area contributed by atoms with E-state index < -0.39 is 5.54 Å². The topological polar surface area (TPSA) is 51.5 Å². The Kier molecular flexibility index (Phi) is 5.18. The molecule has 0 fully saturated rings. The molecule has 29 heavy (non-hydrogen) atoms. The normalized spacial score (nSPS) is 24.3. The predicted octanol–water partition coefficient (Wildman–Crippen LogP) is 5.18. The summed E-state index contributed by atoms with van der Waals surface area (Å²) < 4.78 is 5.37. The summed E-state index contributed by atoms with van der Waals surface area (Å²) in [6, 6.07) is 14.0. The fourth-order valence-corrected chi connectivity index (χ4v) is 4.56. The van der Waals surface area contributed by atoms with E-state index in [1.807, 2.05) is 30.5 Å². The monoisotopic (exact) mass is 386 g/mol. The van der Waals surface area contributed by atoms with Crippen LogP contribution in [0.5, 0.6) is 5.88 Å². The van der Waals surface area contributed by atoms with Gasteiger partial charge in [0.15, 0.2) is 0 Å². The Bertz CT molecular complexity index is 1020. The minimum absolute atomic E-state index is 0.263. The van der Waals surface area contributed by atoms with Crippen LogP contribution in [-0.2, 0) is 16.8 Å². The number of aromatic nitrogens is 1. The molecule has 1 aromatic heterocycles. The molecule has 0 N–H and O–H groups in total. The van der Waals surface area contributed by atoms with Crippen LogP contribution in [0.25, 0.3) is 0 Å². The Balaban J connectivity index is 1.83. The van der Waals surface area contributed by atoms with Crippen LogP contribution in [0.1, 0.15) is 50.4 Å². The van der Waals surface area contributed by atoms with Crippen molar-refractivity contribution in [2.75, 3.05) is 0 Å². The van der Waals surface area contributed by atoms with Crippen LogP contribution in [0.3, 0.4) is 0 Å². The van der Waals surface area contributed by atoms with E-state index in [-0.39, 0.29) is 11.9 Å². The summed E-state index contributed by atoms with van der Waals surface area (Å²) in [4.78, 5) is 21.6. The van der Waals surface area contributed by atoms with Gasteiger partial charge < -0.3 is 4.74 Å². The number of rotatable bonds is 4. The Morgan fingerprint density at radius 2 is 2.07 bits per heavy atom. The molecule has 4 nitrogen and oxygen atoms in total. The lowest BCUT2D eigenvalue weighted by Gasteiger charge is -2.45. The minimum Gasteiger partial charge on any atom is -0.407 e. The molecule has 2 unspecified atom stereocenters. The van der Waals surface area contributed by atoms with Gasteiger partial charge in [-0.05, 0) is 31.1 Å².